The molecule has 1 N–H and O–H groups in total. The lowest BCUT2D eigenvalue weighted by atomic mass is 9.83. The van der Waals surface area contributed by atoms with E-state index in [9.17, 15) is 0 Å². The highest BCUT2D eigenvalue weighted by Crippen LogP contribution is 2.27. The Morgan fingerprint density at radius 2 is 1.94 bits per heavy atom. The molecule has 0 radical (unpaired) electrons. The van der Waals surface area contributed by atoms with E-state index in [1.54, 1.807) is 6.39 Å². The van der Waals surface area contributed by atoms with E-state index in [0.717, 1.165) is 24.4 Å². The van der Waals surface area contributed by atoms with Crippen LogP contribution in [0.5, 0.6) is 0 Å². The van der Waals surface area contributed by atoms with Gasteiger partial charge in [-0.05, 0) is 17.8 Å². The Kier molecular flexibility index (Phi) is 5.39. The Balaban J connectivity index is 2.54. The minimum Gasteiger partial charge on any atom is -0.448 e. The molecule has 0 aliphatic rings. The van der Waals surface area contributed by atoms with Crippen LogP contribution >= 0.6 is 0 Å². The fourth-order valence-corrected chi connectivity index (χ4v) is 2.34. The Labute approximate surface area is 111 Å². The van der Waals surface area contributed by atoms with Gasteiger partial charge < -0.3 is 9.73 Å². The molecule has 3 nitrogen and oxygen atoms in total. The zero-order valence-corrected chi connectivity index (χ0v) is 12.7. The first kappa shape index (κ1) is 15.2. The number of hydrogen-bond donors (Lipinski definition) is 1. The van der Waals surface area contributed by atoms with Crippen LogP contribution in [0.4, 0.5) is 0 Å². The van der Waals surface area contributed by atoms with Crippen LogP contribution in [-0.2, 0) is 13.0 Å². The Morgan fingerprint density at radius 1 is 1.28 bits per heavy atom. The van der Waals surface area contributed by atoms with Crippen molar-refractivity contribution in [3.8, 4) is 0 Å². The van der Waals surface area contributed by atoms with Gasteiger partial charge in [-0.1, -0.05) is 41.5 Å². The summed E-state index contributed by atoms with van der Waals surface area (Å²) in [4.78, 5) is 4.31. The van der Waals surface area contributed by atoms with Crippen molar-refractivity contribution in [1.82, 2.24) is 10.3 Å². The van der Waals surface area contributed by atoms with Crippen LogP contribution in [0.1, 0.15) is 59.4 Å². The summed E-state index contributed by atoms with van der Waals surface area (Å²) in [6.07, 6.45) is 3.74. The minimum absolute atomic E-state index is 0.371. The van der Waals surface area contributed by atoms with E-state index >= 15 is 0 Å². The maximum Gasteiger partial charge on any atom is 0.181 e. The van der Waals surface area contributed by atoms with Gasteiger partial charge in [-0.3, -0.25) is 0 Å². The van der Waals surface area contributed by atoms with Gasteiger partial charge in [-0.15, -0.1) is 0 Å². The second-order valence-electron chi connectivity index (χ2n) is 6.83. The molecule has 0 aromatic carbocycles. The van der Waals surface area contributed by atoms with Gasteiger partial charge in [-0.2, -0.15) is 0 Å². The molecule has 0 aliphatic carbocycles. The van der Waals surface area contributed by atoms with Gasteiger partial charge in [0.1, 0.15) is 5.76 Å². The van der Waals surface area contributed by atoms with Crippen molar-refractivity contribution >= 4 is 0 Å². The highest BCUT2D eigenvalue weighted by Gasteiger charge is 2.18. The first-order valence-corrected chi connectivity index (χ1v) is 6.92. The molecule has 1 heterocycles. The molecule has 0 spiro atoms. The summed E-state index contributed by atoms with van der Waals surface area (Å²) in [7, 11) is 0. The van der Waals surface area contributed by atoms with Crippen LogP contribution in [0.3, 0.4) is 0 Å². The molecule has 1 rings (SSSR count). The summed E-state index contributed by atoms with van der Waals surface area (Å²) < 4.78 is 5.53. The summed E-state index contributed by atoms with van der Waals surface area (Å²) in [5.74, 6) is 1.66. The second kappa shape index (κ2) is 6.37. The molecule has 0 aliphatic heterocycles. The van der Waals surface area contributed by atoms with Crippen molar-refractivity contribution in [2.75, 3.05) is 0 Å². The Bertz CT molecular complexity index is 350. The molecule has 18 heavy (non-hydrogen) atoms. The molecule has 0 bridgehead atoms. The molecule has 0 saturated carbocycles. The Hall–Kier alpha value is -0.830. The normalized spacial score (nSPS) is 14.2. The number of nitrogens with zero attached hydrogens (tertiary/aromatic N) is 1. The van der Waals surface area contributed by atoms with Crippen LogP contribution in [0, 0.1) is 11.3 Å². The predicted octanol–water partition coefficient (Wildman–Crippen LogP) is 3.79. The fourth-order valence-electron chi connectivity index (χ4n) is 2.34. The topological polar surface area (TPSA) is 38.1 Å². The molecule has 0 saturated heterocycles. The maximum absolute atomic E-state index is 5.53. The van der Waals surface area contributed by atoms with Gasteiger partial charge in [0.15, 0.2) is 6.39 Å². The van der Waals surface area contributed by atoms with Crippen molar-refractivity contribution in [3.63, 3.8) is 0 Å². The molecule has 1 aromatic heterocycles. The maximum atomic E-state index is 5.53. The molecular formula is C15H28N2O. The molecule has 104 valence electrons. The van der Waals surface area contributed by atoms with E-state index in [-0.39, 0.29) is 0 Å². The molecular weight excluding hydrogens is 224 g/mol. The molecule has 1 unspecified atom stereocenters. The van der Waals surface area contributed by atoms with E-state index in [4.69, 9.17) is 4.42 Å². The van der Waals surface area contributed by atoms with Crippen LogP contribution in [-0.4, -0.2) is 11.0 Å². The number of rotatable bonds is 6. The summed E-state index contributed by atoms with van der Waals surface area (Å²) in [6.45, 7) is 14.2. The van der Waals surface area contributed by atoms with Crippen molar-refractivity contribution in [2.24, 2.45) is 11.3 Å². The lowest BCUT2D eigenvalue weighted by molar-refractivity contribution is 0.295. The highest BCUT2D eigenvalue weighted by atomic mass is 16.3. The predicted molar refractivity (Wildman–Crippen MR) is 75.4 cm³/mol. The van der Waals surface area contributed by atoms with Crippen LogP contribution in [0.2, 0.25) is 0 Å². The SMILES string of the molecule is CC(Cc1ocnc1CNC(C)C)CC(C)(C)C. The van der Waals surface area contributed by atoms with E-state index < -0.39 is 0 Å². The third kappa shape index (κ3) is 5.67. The Morgan fingerprint density at radius 3 is 2.50 bits per heavy atom. The molecule has 0 fully saturated rings. The standard InChI is InChI=1S/C15H28N2O/c1-11(2)16-9-13-14(18-10-17-13)7-12(3)8-15(4,5)6/h10-12,16H,7-9H2,1-6H3. The smallest absolute Gasteiger partial charge is 0.181 e. The minimum atomic E-state index is 0.371. The molecule has 1 aromatic rings. The monoisotopic (exact) mass is 252 g/mol. The van der Waals surface area contributed by atoms with E-state index in [2.05, 4.69) is 51.8 Å². The quantitative estimate of drug-likeness (QED) is 0.837. The van der Waals surface area contributed by atoms with Gasteiger partial charge in [0, 0.05) is 19.0 Å². The fraction of sp³-hybridized carbons (Fsp3) is 0.800. The lowest BCUT2D eigenvalue weighted by Gasteiger charge is -2.22. The zero-order valence-electron chi connectivity index (χ0n) is 12.7. The summed E-state index contributed by atoms with van der Waals surface area (Å²) in [6, 6.07) is 0.474. The molecule has 0 amide bonds. The number of oxazole rings is 1. The number of aromatic nitrogens is 1. The summed E-state index contributed by atoms with van der Waals surface area (Å²) >= 11 is 0. The lowest BCUT2D eigenvalue weighted by Crippen LogP contribution is -2.23. The average molecular weight is 252 g/mol. The first-order valence-electron chi connectivity index (χ1n) is 6.92. The second-order valence-corrected chi connectivity index (χ2v) is 6.83. The zero-order chi connectivity index (χ0) is 13.8. The van der Waals surface area contributed by atoms with Gasteiger partial charge >= 0.3 is 0 Å². The van der Waals surface area contributed by atoms with Gasteiger partial charge in [-0.25, -0.2) is 4.98 Å². The van der Waals surface area contributed by atoms with Gasteiger partial charge in [0.25, 0.3) is 0 Å². The first-order chi connectivity index (χ1) is 8.28. The van der Waals surface area contributed by atoms with E-state index in [0.29, 0.717) is 17.4 Å². The largest absolute Gasteiger partial charge is 0.448 e. The van der Waals surface area contributed by atoms with Gasteiger partial charge in [0.2, 0.25) is 0 Å². The highest BCUT2D eigenvalue weighted by molar-refractivity contribution is 5.08. The molecule has 3 heteroatoms. The number of nitrogens with one attached hydrogen (secondary N) is 1. The third-order valence-electron chi connectivity index (χ3n) is 2.90. The average Bonchev–Trinajstić information content (AvgIpc) is 2.59. The van der Waals surface area contributed by atoms with Gasteiger partial charge in [0.05, 0.1) is 5.69 Å². The van der Waals surface area contributed by atoms with E-state index in [1.807, 2.05) is 0 Å². The van der Waals surface area contributed by atoms with Crippen molar-refractivity contribution < 1.29 is 4.42 Å². The van der Waals surface area contributed by atoms with Crippen molar-refractivity contribution in [1.29, 1.82) is 0 Å². The van der Waals surface area contributed by atoms with Crippen molar-refractivity contribution in [2.45, 2.75) is 67.0 Å². The van der Waals surface area contributed by atoms with E-state index in [1.165, 1.54) is 6.42 Å². The van der Waals surface area contributed by atoms with Crippen LogP contribution in [0.15, 0.2) is 10.8 Å². The number of hydrogen-bond acceptors (Lipinski definition) is 3. The summed E-state index contributed by atoms with van der Waals surface area (Å²) in [5, 5.41) is 3.39. The summed E-state index contributed by atoms with van der Waals surface area (Å²) in [5.41, 5.74) is 1.43. The van der Waals surface area contributed by atoms with Crippen LogP contribution < -0.4 is 5.32 Å². The van der Waals surface area contributed by atoms with Crippen LogP contribution in [0.25, 0.3) is 0 Å². The third-order valence-corrected chi connectivity index (χ3v) is 2.90. The molecule has 1 atom stereocenters. The van der Waals surface area contributed by atoms with Crippen molar-refractivity contribution in [3.05, 3.63) is 17.8 Å².